The van der Waals surface area contributed by atoms with Crippen LogP contribution >= 0.6 is 0 Å². The van der Waals surface area contributed by atoms with Crippen LogP contribution in [0.1, 0.15) is 69.3 Å². The minimum atomic E-state index is -4.63. The number of nitrogens with zero attached hydrogens (tertiary/aromatic N) is 6. The first kappa shape index (κ1) is 19.8. The zero-order chi connectivity index (χ0) is 19.8. The Hall–Kier alpha value is -1.97. The highest BCUT2D eigenvalue weighted by molar-refractivity contribution is 5.12. The minimum Gasteiger partial charge on any atom is -0.290 e. The van der Waals surface area contributed by atoms with Crippen molar-refractivity contribution in [2.24, 2.45) is 5.92 Å². The molecule has 2 aromatic heterocycles. The van der Waals surface area contributed by atoms with E-state index in [1.165, 1.54) is 4.68 Å². The second-order valence-electron chi connectivity index (χ2n) is 7.56. The number of rotatable bonds is 8. The second-order valence-corrected chi connectivity index (χ2v) is 7.56. The van der Waals surface area contributed by atoms with Gasteiger partial charge in [-0.2, -0.15) is 10.2 Å². The number of hydrogen-bond donors (Lipinski definition) is 0. The number of hydrogen-bond acceptors (Lipinski definition) is 5. The summed E-state index contributed by atoms with van der Waals surface area (Å²) in [4.78, 5) is 8.89. The van der Waals surface area contributed by atoms with Crippen molar-refractivity contribution in [2.75, 3.05) is 6.61 Å². The monoisotopic (exact) mass is 386 g/mol. The van der Waals surface area contributed by atoms with Crippen LogP contribution in [0, 0.1) is 5.92 Å². The number of halogens is 3. The van der Waals surface area contributed by atoms with Crippen LogP contribution in [0.4, 0.5) is 13.2 Å². The maximum Gasteiger partial charge on any atom is 0.522 e. The van der Waals surface area contributed by atoms with Gasteiger partial charge in [0.15, 0.2) is 5.82 Å². The van der Waals surface area contributed by atoms with Gasteiger partial charge in [0.1, 0.15) is 18.0 Å². The first-order valence-electron chi connectivity index (χ1n) is 9.18. The Bertz CT molecular complexity index is 767. The van der Waals surface area contributed by atoms with E-state index in [1.54, 1.807) is 6.33 Å². The van der Waals surface area contributed by atoms with Crippen molar-refractivity contribution < 1.29 is 17.9 Å². The number of aromatic nitrogens is 6. The van der Waals surface area contributed by atoms with E-state index in [0.717, 1.165) is 18.8 Å². The fraction of sp³-hybridized carbons (Fsp3) is 0.765. The van der Waals surface area contributed by atoms with Crippen molar-refractivity contribution in [3.8, 4) is 0 Å². The first-order chi connectivity index (χ1) is 12.7. The van der Waals surface area contributed by atoms with Crippen LogP contribution in [0.3, 0.4) is 0 Å². The average molecular weight is 386 g/mol. The lowest BCUT2D eigenvalue weighted by Crippen LogP contribution is -2.19. The van der Waals surface area contributed by atoms with E-state index in [-0.39, 0.29) is 18.4 Å². The molecule has 1 saturated carbocycles. The number of alkyl halides is 3. The molecule has 1 aliphatic rings. The van der Waals surface area contributed by atoms with E-state index >= 15 is 0 Å². The molecule has 0 N–H and O–H groups in total. The van der Waals surface area contributed by atoms with Crippen molar-refractivity contribution in [2.45, 2.75) is 71.3 Å². The third kappa shape index (κ3) is 4.85. The highest BCUT2D eigenvalue weighted by Crippen LogP contribution is 2.47. The highest BCUT2D eigenvalue weighted by Gasteiger charge is 2.42. The van der Waals surface area contributed by atoms with E-state index in [1.807, 2.05) is 18.5 Å². The molecule has 0 bridgehead atoms. The van der Waals surface area contributed by atoms with Gasteiger partial charge in [0, 0.05) is 24.3 Å². The van der Waals surface area contributed by atoms with Crippen LogP contribution in [0.15, 0.2) is 6.33 Å². The summed E-state index contributed by atoms with van der Waals surface area (Å²) in [7, 11) is 0. The van der Waals surface area contributed by atoms with E-state index in [9.17, 15) is 13.2 Å². The van der Waals surface area contributed by atoms with Gasteiger partial charge in [-0.1, -0.05) is 27.7 Å². The summed E-state index contributed by atoms with van der Waals surface area (Å²) in [5.74, 6) is 3.27. The van der Waals surface area contributed by atoms with E-state index in [2.05, 4.69) is 38.7 Å². The van der Waals surface area contributed by atoms with Gasteiger partial charge in [0.25, 0.3) is 0 Å². The molecule has 0 saturated heterocycles. The zero-order valence-corrected chi connectivity index (χ0v) is 15.9. The van der Waals surface area contributed by atoms with Gasteiger partial charge in [-0.05, 0) is 12.3 Å². The topological polar surface area (TPSA) is 70.7 Å². The standard InChI is InChI=1S/C17H25F3N6O/c1-10(2)15-21-9-22-26(15)8-12-7-13(12)14-23-16(11(3)4)25(24-14)5-6-27-17(18,19)20/h9-13H,5-8H2,1-4H3/t12?,13-/m0/s1. The van der Waals surface area contributed by atoms with E-state index in [0.29, 0.717) is 23.5 Å². The first-order valence-corrected chi connectivity index (χ1v) is 9.18. The van der Waals surface area contributed by atoms with Crippen molar-refractivity contribution in [3.63, 3.8) is 0 Å². The fourth-order valence-corrected chi connectivity index (χ4v) is 3.22. The summed E-state index contributed by atoms with van der Waals surface area (Å²) in [6.07, 6.45) is -2.12. The van der Waals surface area contributed by atoms with E-state index in [4.69, 9.17) is 0 Å². The molecule has 2 heterocycles. The fourth-order valence-electron chi connectivity index (χ4n) is 3.22. The molecule has 3 rings (SSSR count). The molecule has 7 nitrogen and oxygen atoms in total. The Labute approximate surface area is 155 Å². The lowest BCUT2D eigenvalue weighted by Gasteiger charge is -2.10. The summed E-state index contributed by atoms with van der Waals surface area (Å²) >= 11 is 0. The summed E-state index contributed by atoms with van der Waals surface area (Å²) in [6.45, 7) is 8.35. The quantitative estimate of drug-likeness (QED) is 0.695. The molecule has 0 aromatic carbocycles. The summed E-state index contributed by atoms with van der Waals surface area (Å²) in [5.41, 5.74) is 0. The lowest BCUT2D eigenvalue weighted by atomic mass is 10.2. The maximum atomic E-state index is 12.2. The summed E-state index contributed by atoms with van der Waals surface area (Å²) < 4.78 is 43.9. The van der Waals surface area contributed by atoms with E-state index < -0.39 is 13.0 Å². The molecule has 10 heteroatoms. The molecule has 1 fully saturated rings. The highest BCUT2D eigenvalue weighted by atomic mass is 19.4. The van der Waals surface area contributed by atoms with Gasteiger partial charge in [0.05, 0.1) is 13.2 Å². The third-order valence-electron chi connectivity index (χ3n) is 4.63. The predicted molar refractivity (Wildman–Crippen MR) is 91.1 cm³/mol. The molecular weight excluding hydrogens is 361 g/mol. The lowest BCUT2D eigenvalue weighted by molar-refractivity contribution is -0.325. The van der Waals surface area contributed by atoms with Crippen LogP contribution in [0.2, 0.25) is 0 Å². The minimum absolute atomic E-state index is 0.0258. The number of ether oxygens (including phenoxy) is 1. The molecule has 2 atom stereocenters. The van der Waals surface area contributed by atoms with Gasteiger partial charge >= 0.3 is 6.36 Å². The zero-order valence-electron chi connectivity index (χ0n) is 15.9. The molecule has 0 aliphatic heterocycles. The van der Waals surface area contributed by atoms with Crippen molar-refractivity contribution in [3.05, 3.63) is 23.8 Å². The molecule has 2 aromatic rings. The Balaban J connectivity index is 1.65. The Morgan fingerprint density at radius 3 is 2.48 bits per heavy atom. The van der Waals surface area contributed by atoms with Gasteiger partial charge in [0.2, 0.25) is 0 Å². The average Bonchev–Trinajstić information content (AvgIpc) is 2.96. The van der Waals surface area contributed by atoms with Crippen LogP contribution in [-0.2, 0) is 17.8 Å². The van der Waals surface area contributed by atoms with Gasteiger partial charge < -0.3 is 0 Å². The summed E-state index contributed by atoms with van der Waals surface area (Å²) in [6, 6.07) is 0. The molecule has 1 aliphatic carbocycles. The van der Waals surface area contributed by atoms with Crippen LogP contribution in [-0.4, -0.2) is 42.5 Å². The molecule has 0 radical (unpaired) electrons. The molecule has 0 spiro atoms. The Morgan fingerprint density at radius 2 is 1.85 bits per heavy atom. The third-order valence-corrected chi connectivity index (χ3v) is 4.63. The molecule has 27 heavy (non-hydrogen) atoms. The van der Waals surface area contributed by atoms with Gasteiger partial charge in [-0.15, -0.1) is 13.2 Å². The Morgan fingerprint density at radius 1 is 1.15 bits per heavy atom. The van der Waals surface area contributed by atoms with Crippen LogP contribution < -0.4 is 0 Å². The van der Waals surface area contributed by atoms with Crippen molar-refractivity contribution in [1.29, 1.82) is 0 Å². The SMILES string of the molecule is CC(C)c1ncnn1CC1C[C@@H]1c1nc(C(C)C)n(CCOC(F)(F)F)n1. The van der Waals surface area contributed by atoms with Gasteiger partial charge in [-0.3, -0.25) is 4.74 Å². The van der Waals surface area contributed by atoms with Crippen molar-refractivity contribution in [1.82, 2.24) is 29.5 Å². The molecule has 1 unspecified atom stereocenters. The summed E-state index contributed by atoms with van der Waals surface area (Å²) in [5, 5.41) is 8.76. The maximum absolute atomic E-state index is 12.2. The largest absolute Gasteiger partial charge is 0.522 e. The van der Waals surface area contributed by atoms with Crippen LogP contribution in [0.25, 0.3) is 0 Å². The second kappa shape index (κ2) is 7.57. The smallest absolute Gasteiger partial charge is 0.290 e. The van der Waals surface area contributed by atoms with Gasteiger partial charge in [-0.25, -0.2) is 19.3 Å². The molecule has 150 valence electrons. The van der Waals surface area contributed by atoms with Crippen molar-refractivity contribution >= 4 is 0 Å². The van der Waals surface area contributed by atoms with Crippen LogP contribution in [0.5, 0.6) is 0 Å². The normalized spacial score (nSPS) is 20.0. The Kier molecular flexibility index (Phi) is 5.55. The molecule has 0 amide bonds. The molecular formula is C17H25F3N6O. The predicted octanol–water partition coefficient (Wildman–Crippen LogP) is 3.46.